The van der Waals surface area contributed by atoms with Crippen molar-refractivity contribution in [2.24, 2.45) is 17.8 Å². The Morgan fingerprint density at radius 1 is 1.06 bits per heavy atom. The molecule has 17 heavy (non-hydrogen) atoms. The average molecular weight is 237 g/mol. The lowest BCUT2D eigenvalue weighted by Gasteiger charge is -2.42. The topological polar surface area (TPSA) is 3.24 Å². The average Bonchev–Trinajstić information content (AvgIpc) is 2.39. The molecular weight excluding hydrogens is 206 g/mol. The van der Waals surface area contributed by atoms with Crippen molar-refractivity contribution in [1.82, 2.24) is 4.90 Å². The van der Waals surface area contributed by atoms with Gasteiger partial charge in [-0.3, -0.25) is 0 Å². The van der Waals surface area contributed by atoms with E-state index in [9.17, 15) is 0 Å². The fraction of sp³-hybridized carbons (Fsp3) is 1.00. The molecule has 1 aliphatic carbocycles. The Kier molecular flexibility index (Phi) is 4.90. The third-order valence-corrected chi connectivity index (χ3v) is 5.33. The van der Waals surface area contributed by atoms with E-state index in [0.29, 0.717) is 0 Å². The van der Waals surface area contributed by atoms with Gasteiger partial charge in [0.15, 0.2) is 0 Å². The minimum Gasteiger partial charge on any atom is -0.300 e. The number of piperidine rings is 1. The summed E-state index contributed by atoms with van der Waals surface area (Å²) in [4.78, 5) is 2.83. The van der Waals surface area contributed by atoms with Gasteiger partial charge >= 0.3 is 0 Å². The van der Waals surface area contributed by atoms with Crippen LogP contribution in [-0.4, -0.2) is 24.0 Å². The minimum absolute atomic E-state index is 0.903. The first-order valence-corrected chi connectivity index (χ1v) is 7.94. The quantitative estimate of drug-likeness (QED) is 0.706. The van der Waals surface area contributed by atoms with Crippen LogP contribution in [0.25, 0.3) is 0 Å². The van der Waals surface area contributed by atoms with Crippen molar-refractivity contribution in [2.75, 3.05) is 13.1 Å². The summed E-state index contributed by atoms with van der Waals surface area (Å²) in [6.07, 6.45) is 10.2. The molecule has 0 aromatic heterocycles. The molecule has 2 rings (SSSR count). The first kappa shape index (κ1) is 13.4. The standard InChI is InChI=1S/C16H31N/c1-4-14-6-5-11-17(12-14)16-9-7-15(8-10-16)13(2)3/h13-16H,4-12H2,1-3H3. The van der Waals surface area contributed by atoms with E-state index in [4.69, 9.17) is 0 Å². The Balaban J connectivity index is 1.80. The molecule has 0 aromatic carbocycles. The predicted octanol–water partition coefficient (Wildman–Crippen LogP) is 4.32. The summed E-state index contributed by atoms with van der Waals surface area (Å²) < 4.78 is 0. The zero-order valence-corrected chi connectivity index (χ0v) is 12.1. The van der Waals surface area contributed by atoms with E-state index in [1.54, 1.807) is 0 Å². The zero-order chi connectivity index (χ0) is 12.3. The maximum Gasteiger partial charge on any atom is 0.00955 e. The molecule has 1 heterocycles. The molecule has 1 heteroatoms. The fourth-order valence-electron chi connectivity index (χ4n) is 3.90. The molecular formula is C16H31N. The van der Waals surface area contributed by atoms with Crippen LogP contribution < -0.4 is 0 Å². The second kappa shape index (κ2) is 6.22. The Labute approximate surface area is 108 Å². The molecule has 1 saturated carbocycles. The Bertz CT molecular complexity index is 216. The lowest BCUT2D eigenvalue weighted by Crippen LogP contribution is -2.44. The molecule has 1 atom stereocenters. The highest BCUT2D eigenvalue weighted by atomic mass is 15.2. The smallest absolute Gasteiger partial charge is 0.00955 e. The van der Waals surface area contributed by atoms with Crippen LogP contribution in [0.3, 0.4) is 0 Å². The van der Waals surface area contributed by atoms with Crippen molar-refractivity contribution < 1.29 is 0 Å². The van der Waals surface area contributed by atoms with E-state index < -0.39 is 0 Å². The van der Waals surface area contributed by atoms with Crippen LogP contribution in [0.2, 0.25) is 0 Å². The number of hydrogen-bond donors (Lipinski definition) is 0. The van der Waals surface area contributed by atoms with Crippen molar-refractivity contribution in [3.63, 3.8) is 0 Å². The van der Waals surface area contributed by atoms with Gasteiger partial charge in [0.2, 0.25) is 0 Å². The van der Waals surface area contributed by atoms with Gasteiger partial charge in [0.1, 0.15) is 0 Å². The lowest BCUT2D eigenvalue weighted by molar-refractivity contribution is 0.0789. The molecule has 0 radical (unpaired) electrons. The zero-order valence-electron chi connectivity index (χ0n) is 12.1. The van der Waals surface area contributed by atoms with Gasteiger partial charge in [-0.1, -0.05) is 27.2 Å². The van der Waals surface area contributed by atoms with Gasteiger partial charge in [0.05, 0.1) is 0 Å². The largest absolute Gasteiger partial charge is 0.300 e. The number of rotatable bonds is 3. The molecule has 2 aliphatic rings. The molecule has 1 unspecified atom stereocenters. The van der Waals surface area contributed by atoms with Crippen molar-refractivity contribution in [1.29, 1.82) is 0 Å². The van der Waals surface area contributed by atoms with Crippen LogP contribution in [0.5, 0.6) is 0 Å². The highest BCUT2D eigenvalue weighted by Crippen LogP contribution is 2.34. The second-order valence-electron chi connectivity index (χ2n) is 6.72. The SMILES string of the molecule is CCC1CCCN(C2CCC(C(C)C)CC2)C1. The van der Waals surface area contributed by atoms with Crippen LogP contribution in [0.4, 0.5) is 0 Å². The molecule has 0 aromatic rings. The van der Waals surface area contributed by atoms with Crippen LogP contribution in [0.1, 0.15) is 65.7 Å². The van der Waals surface area contributed by atoms with Crippen LogP contribution in [0, 0.1) is 17.8 Å². The van der Waals surface area contributed by atoms with Gasteiger partial charge in [0, 0.05) is 12.6 Å². The summed E-state index contributed by atoms with van der Waals surface area (Å²) in [7, 11) is 0. The van der Waals surface area contributed by atoms with Crippen LogP contribution >= 0.6 is 0 Å². The molecule has 1 aliphatic heterocycles. The molecule has 0 amide bonds. The van der Waals surface area contributed by atoms with E-state index in [0.717, 1.165) is 23.8 Å². The maximum atomic E-state index is 2.83. The summed E-state index contributed by atoms with van der Waals surface area (Å²) in [5.41, 5.74) is 0. The monoisotopic (exact) mass is 237 g/mol. The Morgan fingerprint density at radius 2 is 1.76 bits per heavy atom. The van der Waals surface area contributed by atoms with E-state index in [1.807, 2.05) is 0 Å². The van der Waals surface area contributed by atoms with Crippen molar-refractivity contribution in [3.05, 3.63) is 0 Å². The van der Waals surface area contributed by atoms with Crippen molar-refractivity contribution in [3.8, 4) is 0 Å². The maximum absolute atomic E-state index is 2.83. The van der Waals surface area contributed by atoms with Crippen molar-refractivity contribution in [2.45, 2.75) is 71.8 Å². The molecule has 1 nitrogen and oxygen atoms in total. The highest BCUT2D eigenvalue weighted by molar-refractivity contribution is 4.84. The first-order valence-electron chi connectivity index (χ1n) is 7.94. The molecule has 1 saturated heterocycles. The molecule has 100 valence electrons. The minimum atomic E-state index is 0.903. The lowest BCUT2D eigenvalue weighted by atomic mass is 9.78. The van der Waals surface area contributed by atoms with Crippen LogP contribution in [-0.2, 0) is 0 Å². The second-order valence-corrected chi connectivity index (χ2v) is 6.72. The summed E-state index contributed by atoms with van der Waals surface area (Å²) in [6.45, 7) is 9.95. The number of hydrogen-bond acceptors (Lipinski definition) is 1. The third kappa shape index (κ3) is 3.47. The molecule has 0 N–H and O–H groups in total. The normalized spacial score (nSPS) is 36.4. The predicted molar refractivity (Wildman–Crippen MR) is 75.2 cm³/mol. The first-order chi connectivity index (χ1) is 8.20. The van der Waals surface area contributed by atoms with Gasteiger partial charge in [-0.25, -0.2) is 0 Å². The number of nitrogens with zero attached hydrogens (tertiary/aromatic N) is 1. The van der Waals surface area contributed by atoms with E-state index in [2.05, 4.69) is 25.7 Å². The van der Waals surface area contributed by atoms with Crippen LogP contribution in [0.15, 0.2) is 0 Å². The molecule has 2 fully saturated rings. The van der Waals surface area contributed by atoms with Gasteiger partial charge in [-0.2, -0.15) is 0 Å². The summed E-state index contributed by atoms with van der Waals surface area (Å²) in [5, 5.41) is 0. The highest BCUT2D eigenvalue weighted by Gasteiger charge is 2.29. The molecule has 0 bridgehead atoms. The van der Waals surface area contributed by atoms with Gasteiger partial charge in [0.25, 0.3) is 0 Å². The van der Waals surface area contributed by atoms with E-state index in [1.165, 1.54) is 58.0 Å². The van der Waals surface area contributed by atoms with Gasteiger partial charge in [-0.05, 0) is 62.8 Å². The fourth-order valence-corrected chi connectivity index (χ4v) is 3.90. The summed E-state index contributed by atoms with van der Waals surface area (Å²) in [5.74, 6) is 2.91. The van der Waals surface area contributed by atoms with Gasteiger partial charge < -0.3 is 4.90 Å². The van der Waals surface area contributed by atoms with Gasteiger partial charge in [-0.15, -0.1) is 0 Å². The third-order valence-electron chi connectivity index (χ3n) is 5.33. The summed E-state index contributed by atoms with van der Waals surface area (Å²) in [6, 6.07) is 0.930. The van der Waals surface area contributed by atoms with Crippen molar-refractivity contribution >= 4 is 0 Å². The number of likely N-dealkylation sites (tertiary alicyclic amines) is 1. The molecule has 0 spiro atoms. The van der Waals surface area contributed by atoms with E-state index in [-0.39, 0.29) is 0 Å². The Hall–Kier alpha value is -0.0400. The summed E-state index contributed by atoms with van der Waals surface area (Å²) >= 11 is 0. The Morgan fingerprint density at radius 3 is 2.35 bits per heavy atom. The van der Waals surface area contributed by atoms with E-state index >= 15 is 0 Å².